The van der Waals surface area contributed by atoms with E-state index in [-0.39, 0.29) is 29.9 Å². The lowest BCUT2D eigenvalue weighted by Gasteiger charge is -2.35. The van der Waals surface area contributed by atoms with Crippen molar-refractivity contribution in [3.05, 3.63) is 36.3 Å². The fraction of sp³-hybridized carbons (Fsp3) is 0.636. The van der Waals surface area contributed by atoms with Crippen molar-refractivity contribution < 1.29 is 9.21 Å². The normalized spacial score (nSPS) is 15.2. The van der Waals surface area contributed by atoms with Crippen LogP contribution in [-0.2, 0) is 11.2 Å². The van der Waals surface area contributed by atoms with Gasteiger partial charge in [0.25, 0.3) is 0 Å². The van der Waals surface area contributed by atoms with Crippen LogP contribution < -0.4 is 10.6 Å². The lowest BCUT2D eigenvalue weighted by atomic mass is 9.98. The number of guanidine groups is 1. The maximum Gasteiger partial charge on any atom is 0.225 e. The van der Waals surface area contributed by atoms with Gasteiger partial charge in [-0.2, -0.15) is 0 Å². The Morgan fingerprint density at radius 1 is 1.34 bits per heavy atom. The highest BCUT2D eigenvalue weighted by molar-refractivity contribution is 14.0. The number of hydrogen-bond donors (Lipinski definition) is 2. The summed E-state index contributed by atoms with van der Waals surface area (Å²) in [6.07, 6.45) is 6.23. The molecule has 2 N–H and O–H groups in total. The first-order valence-electron chi connectivity index (χ1n) is 10.5. The van der Waals surface area contributed by atoms with Crippen molar-refractivity contribution in [2.45, 2.75) is 58.9 Å². The second-order valence-corrected chi connectivity index (χ2v) is 7.64. The van der Waals surface area contributed by atoms with Gasteiger partial charge in [-0.1, -0.05) is 26.0 Å². The van der Waals surface area contributed by atoms with E-state index in [0.29, 0.717) is 18.5 Å². The molecule has 0 aliphatic carbocycles. The Bertz CT molecular complexity index is 633. The fourth-order valence-corrected chi connectivity index (χ4v) is 3.46. The number of rotatable bonds is 9. The molecule has 164 valence electrons. The third-order valence-electron chi connectivity index (χ3n) is 5.23. The van der Waals surface area contributed by atoms with Crippen molar-refractivity contribution in [3.8, 4) is 0 Å². The summed E-state index contributed by atoms with van der Waals surface area (Å²) in [7, 11) is 0. The average molecular weight is 516 g/mol. The monoisotopic (exact) mass is 516 g/mol. The fourth-order valence-electron chi connectivity index (χ4n) is 3.46. The molecule has 2 heterocycles. The molecule has 0 bridgehead atoms. The van der Waals surface area contributed by atoms with E-state index < -0.39 is 0 Å². The summed E-state index contributed by atoms with van der Waals surface area (Å²) in [6, 6.07) is 4.21. The van der Waals surface area contributed by atoms with E-state index in [0.717, 1.165) is 69.0 Å². The molecule has 0 atom stereocenters. The Kier molecular flexibility index (Phi) is 12.0. The van der Waals surface area contributed by atoms with Gasteiger partial charge in [-0.3, -0.25) is 4.79 Å². The van der Waals surface area contributed by atoms with E-state index in [2.05, 4.69) is 36.1 Å². The quantitative estimate of drug-likeness (QED) is 0.226. The summed E-state index contributed by atoms with van der Waals surface area (Å²) in [4.78, 5) is 19.2. The number of carbonyl (C=O) groups excluding carboxylic acids is 1. The summed E-state index contributed by atoms with van der Waals surface area (Å²) in [5, 5.41) is 6.93. The Morgan fingerprint density at radius 3 is 2.59 bits per heavy atom. The number of furan rings is 1. The predicted molar refractivity (Wildman–Crippen MR) is 130 cm³/mol. The van der Waals surface area contributed by atoms with Gasteiger partial charge < -0.3 is 20.0 Å². The first-order valence-corrected chi connectivity index (χ1v) is 10.5. The lowest BCUT2D eigenvalue weighted by molar-refractivity contribution is -0.136. The lowest BCUT2D eigenvalue weighted by Crippen LogP contribution is -2.51. The number of halogens is 1. The summed E-state index contributed by atoms with van der Waals surface area (Å²) in [5.74, 6) is 2.25. The number of nitrogens with zero attached hydrogens (tertiary/aromatic N) is 2. The molecule has 1 aliphatic rings. The van der Waals surface area contributed by atoms with Crippen molar-refractivity contribution >= 4 is 35.8 Å². The Balaban J connectivity index is 0.00000420. The largest absolute Gasteiger partial charge is 0.469 e. The van der Waals surface area contributed by atoms with Gasteiger partial charge in [0.05, 0.1) is 12.8 Å². The van der Waals surface area contributed by atoms with Crippen LogP contribution in [0.15, 0.2) is 40.0 Å². The number of amides is 1. The number of likely N-dealkylation sites (tertiary alicyclic amines) is 1. The van der Waals surface area contributed by atoms with Crippen molar-refractivity contribution in [2.75, 3.05) is 26.2 Å². The third-order valence-corrected chi connectivity index (χ3v) is 5.23. The van der Waals surface area contributed by atoms with E-state index in [1.807, 2.05) is 24.0 Å². The van der Waals surface area contributed by atoms with Crippen LogP contribution in [-0.4, -0.2) is 49.0 Å². The van der Waals surface area contributed by atoms with E-state index in [4.69, 9.17) is 4.42 Å². The van der Waals surface area contributed by atoms with E-state index >= 15 is 0 Å². The molecule has 1 fully saturated rings. The first kappa shape index (κ1) is 25.5. The van der Waals surface area contributed by atoms with Crippen molar-refractivity contribution in [3.63, 3.8) is 0 Å². The topological polar surface area (TPSA) is 69.9 Å². The van der Waals surface area contributed by atoms with Crippen LogP contribution in [0.2, 0.25) is 0 Å². The van der Waals surface area contributed by atoms with Crippen LogP contribution in [0.5, 0.6) is 0 Å². The highest BCUT2D eigenvalue weighted by Gasteiger charge is 2.26. The maximum atomic E-state index is 12.6. The predicted octanol–water partition coefficient (Wildman–Crippen LogP) is 3.98. The molecule has 1 saturated heterocycles. The van der Waals surface area contributed by atoms with Crippen molar-refractivity contribution in [1.29, 1.82) is 0 Å². The molecule has 1 aliphatic heterocycles. The van der Waals surface area contributed by atoms with Crippen LogP contribution in [0.1, 0.15) is 52.2 Å². The summed E-state index contributed by atoms with van der Waals surface area (Å²) >= 11 is 0. The van der Waals surface area contributed by atoms with Gasteiger partial charge in [0.1, 0.15) is 5.76 Å². The molecule has 2 rings (SSSR count). The molecular weight excluding hydrogens is 479 g/mol. The van der Waals surface area contributed by atoms with Crippen LogP contribution in [0, 0.1) is 5.92 Å². The van der Waals surface area contributed by atoms with Crippen LogP contribution in [0.3, 0.4) is 0 Å². The molecule has 1 amide bonds. The summed E-state index contributed by atoms with van der Waals surface area (Å²) in [6.45, 7) is 13.1. The molecule has 0 radical (unpaired) electrons. The molecule has 1 aromatic rings. The van der Waals surface area contributed by atoms with Gasteiger partial charge in [0.2, 0.25) is 5.91 Å². The maximum absolute atomic E-state index is 12.6. The smallest absolute Gasteiger partial charge is 0.225 e. The van der Waals surface area contributed by atoms with E-state index in [1.54, 1.807) is 6.26 Å². The molecule has 1 aromatic heterocycles. The number of aliphatic imine (C=N–C) groups is 1. The number of carbonyl (C=O) groups is 1. The molecule has 0 unspecified atom stereocenters. The minimum Gasteiger partial charge on any atom is -0.469 e. The highest BCUT2D eigenvalue weighted by Crippen LogP contribution is 2.17. The molecular formula is C22H37IN4O2. The van der Waals surface area contributed by atoms with Crippen LogP contribution in [0.25, 0.3) is 0 Å². The van der Waals surface area contributed by atoms with Gasteiger partial charge in [-0.05, 0) is 44.7 Å². The average Bonchev–Trinajstić information content (AvgIpc) is 3.21. The Labute approximate surface area is 192 Å². The van der Waals surface area contributed by atoms with Gasteiger partial charge in [0.15, 0.2) is 5.96 Å². The van der Waals surface area contributed by atoms with Crippen LogP contribution in [0.4, 0.5) is 0 Å². The van der Waals surface area contributed by atoms with Crippen molar-refractivity contribution in [2.24, 2.45) is 10.9 Å². The SMILES string of the molecule is C=C(C)CN=C(NCCc1ccco1)NC1CCN(C(=O)C(CC)CC)CC1.I. The first-order chi connectivity index (χ1) is 13.5. The highest BCUT2D eigenvalue weighted by atomic mass is 127. The minimum absolute atomic E-state index is 0. The molecule has 6 nitrogen and oxygen atoms in total. The molecule has 7 heteroatoms. The zero-order valence-corrected chi connectivity index (χ0v) is 20.4. The van der Waals surface area contributed by atoms with E-state index in [9.17, 15) is 4.79 Å². The number of nitrogens with one attached hydrogen (secondary N) is 2. The second kappa shape index (κ2) is 13.7. The third kappa shape index (κ3) is 8.80. The number of piperidine rings is 1. The molecule has 29 heavy (non-hydrogen) atoms. The Hall–Kier alpha value is -1.51. The Morgan fingerprint density at radius 2 is 2.03 bits per heavy atom. The summed E-state index contributed by atoms with van der Waals surface area (Å²) < 4.78 is 5.38. The zero-order valence-electron chi connectivity index (χ0n) is 18.1. The van der Waals surface area contributed by atoms with Gasteiger partial charge in [0, 0.05) is 38.0 Å². The standard InChI is InChI=1S/C22H36N4O2.HI/c1-5-18(6-2)21(27)26-13-10-19(11-14-26)25-22(24-16-17(3)4)23-12-9-20-8-7-15-28-20;/h7-8,15,18-19H,3,5-6,9-14,16H2,1-2,4H3,(H2,23,24,25);1H. The number of hydrogen-bond acceptors (Lipinski definition) is 3. The van der Waals surface area contributed by atoms with Gasteiger partial charge in [-0.25, -0.2) is 4.99 Å². The summed E-state index contributed by atoms with van der Waals surface area (Å²) in [5.41, 5.74) is 1.03. The zero-order chi connectivity index (χ0) is 20.4. The van der Waals surface area contributed by atoms with Crippen LogP contribution >= 0.6 is 24.0 Å². The molecule has 0 aromatic carbocycles. The van der Waals surface area contributed by atoms with Gasteiger partial charge in [-0.15, -0.1) is 24.0 Å². The second-order valence-electron chi connectivity index (χ2n) is 7.64. The molecule has 0 spiro atoms. The van der Waals surface area contributed by atoms with Crippen molar-refractivity contribution in [1.82, 2.24) is 15.5 Å². The van der Waals surface area contributed by atoms with Gasteiger partial charge >= 0.3 is 0 Å². The van der Waals surface area contributed by atoms with E-state index in [1.165, 1.54) is 0 Å². The minimum atomic E-state index is 0. The molecule has 0 saturated carbocycles.